The molecule has 2 aromatic carbocycles. The zero-order valence-corrected chi connectivity index (χ0v) is 13.6. The molecule has 2 aromatic rings. The highest BCUT2D eigenvalue weighted by atomic mass is 79.9. The second-order valence-electron chi connectivity index (χ2n) is 4.62. The Labute approximate surface area is 145 Å². The smallest absolute Gasteiger partial charge is 0.266 e. The van der Waals surface area contributed by atoms with E-state index in [2.05, 4.69) is 21.2 Å². The summed E-state index contributed by atoms with van der Waals surface area (Å²) >= 11 is 3.26. The normalized spacial score (nSPS) is 10.8. The average molecular weight is 387 g/mol. The second-order valence-corrected chi connectivity index (χ2v) is 5.53. The number of nitrogens with one attached hydrogen (secondary N) is 1. The molecule has 0 aliphatic carbocycles. The Hall–Kier alpha value is -3.18. The standard InChI is InChI=1S/C16H10BrN3O4/c17-12-2-1-3-13(8-12)19-16(22)11(9-18)6-10-4-5-15(21)14(7-10)20(23)24/h1-8,21H,(H,19,22)/p-1/b11-6-. The van der Waals surface area contributed by atoms with Crippen LogP contribution in [0.5, 0.6) is 5.75 Å². The highest BCUT2D eigenvalue weighted by Crippen LogP contribution is 2.25. The van der Waals surface area contributed by atoms with Crippen LogP contribution >= 0.6 is 15.9 Å². The summed E-state index contributed by atoms with van der Waals surface area (Å²) in [5.74, 6) is -1.40. The first kappa shape index (κ1) is 17.2. The van der Waals surface area contributed by atoms with Gasteiger partial charge in [-0.2, -0.15) is 5.26 Å². The van der Waals surface area contributed by atoms with Crippen molar-refractivity contribution in [1.82, 2.24) is 0 Å². The van der Waals surface area contributed by atoms with Crippen LogP contribution in [0.15, 0.2) is 52.5 Å². The molecule has 0 unspecified atom stereocenters. The fourth-order valence-electron chi connectivity index (χ4n) is 1.85. The van der Waals surface area contributed by atoms with Gasteiger partial charge in [0, 0.05) is 16.2 Å². The highest BCUT2D eigenvalue weighted by Gasteiger charge is 2.12. The summed E-state index contributed by atoms with van der Waals surface area (Å²) in [5.41, 5.74) is -0.171. The zero-order chi connectivity index (χ0) is 17.7. The van der Waals surface area contributed by atoms with Gasteiger partial charge < -0.3 is 10.4 Å². The summed E-state index contributed by atoms with van der Waals surface area (Å²) in [5, 5.41) is 33.8. The molecule has 0 radical (unpaired) electrons. The van der Waals surface area contributed by atoms with Gasteiger partial charge in [0.25, 0.3) is 11.6 Å². The molecule has 0 saturated heterocycles. The Morgan fingerprint density at radius 1 is 1.29 bits per heavy atom. The van der Waals surface area contributed by atoms with Gasteiger partial charge in [0.1, 0.15) is 11.6 Å². The van der Waals surface area contributed by atoms with Crippen molar-refractivity contribution in [3.8, 4) is 11.8 Å². The van der Waals surface area contributed by atoms with E-state index in [9.17, 15) is 20.0 Å². The number of amides is 1. The van der Waals surface area contributed by atoms with Crippen molar-refractivity contribution in [3.63, 3.8) is 0 Å². The third-order valence-corrected chi connectivity index (χ3v) is 3.43. The van der Waals surface area contributed by atoms with Gasteiger partial charge >= 0.3 is 0 Å². The topological polar surface area (TPSA) is 119 Å². The summed E-state index contributed by atoms with van der Waals surface area (Å²) in [6.07, 6.45) is 1.18. The number of nitriles is 1. The van der Waals surface area contributed by atoms with E-state index in [0.717, 1.165) is 16.6 Å². The lowest BCUT2D eigenvalue weighted by atomic mass is 10.1. The number of rotatable bonds is 4. The first-order valence-electron chi connectivity index (χ1n) is 6.55. The molecule has 0 bridgehead atoms. The van der Waals surface area contributed by atoms with E-state index in [0.29, 0.717) is 5.69 Å². The van der Waals surface area contributed by atoms with Crippen LogP contribution in [0, 0.1) is 21.4 Å². The first-order chi connectivity index (χ1) is 11.4. The number of anilines is 1. The number of nitro benzene ring substituents is 1. The van der Waals surface area contributed by atoms with Gasteiger partial charge in [-0.1, -0.05) is 34.1 Å². The third kappa shape index (κ3) is 4.18. The molecular weight excluding hydrogens is 378 g/mol. The lowest BCUT2D eigenvalue weighted by molar-refractivity contribution is -0.398. The number of carbonyl (C=O) groups is 1. The maximum atomic E-state index is 12.1. The second kappa shape index (κ2) is 7.39. The molecule has 0 spiro atoms. The molecule has 24 heavy (non-hydrogen) atoms. The van der Waals surface area contributed by atoms with Crippen molar-refractivity contribution in [3.05, 3.63) is 68.2 Å². The molecule has 0 saturated carbocycles. The fraction of sp³-hybridized carbons (Fsp3) is 0. The van der Waals surface area contributed by atoms with Crippen molar-refractivity contribution in [2.75, 3.05) is 5.32 Å². The number of hydrogen-bond acceptors (Lipinski definition) is 5. The predicted molar refractivity (Wildman–Crippen MR) is 88.9 cm³/mol. The lowest BCUT2D eigenvalue weighted by Gasteiger charge is -2.07. The third-order valence-electron chi connectivity index (χ3n) is 2.94. The van der Waals surface area contributed by atoms with Crippen LogP contribution in [0.25, 0.3) is 6.08 Å². The number of carbonyl (C=O) groups excluding carboxylic acids is 1. The quantitative estimate of drug-likeness (QED) is 0.374. The van der Waals surface area contributed by atoms with Crippen LogP contribution in [-0.2, 0) is 4.79 Å². The van der Waals surface area contributed by atoms with Gasteiger partial charge in [0.05, 0.1) is 4.92 Å². The maximum absolute atomic E-state index is 12.1. The Bertz CT molecular complexity index is 887. The lowest BCUT2D eigenvalue weighted by Crippen LogP contribution is -2.13. The minimum Gasteiger partial charge on any atom is -0.868 e. The average Bonchev–Trinajstić information content (AvgIpc) is 2.53. The van der Waals surface area contributed by atoms with Crippen molar-refractivity contribution in [1.29, 1.82) is 5.26 Å². The van der Waals surface area contributed by atoms with Gasteiger partial charge in [-0.25, -0.2) is 0 Å². The van der Waals surface area contributed by atoms with Crippen molar-refractivity contribution >= 4 is 39.3 Å². The van der Waals surface area contributed by atoms with E-state index in [1.807, 2.05) is 0 Å². The molecule has 120 valence electrons. The SMILES string of the molecule is N#C/C(=C/c1ccc([O-])c([N+](=O)[O-])c1)C(=O)Nc1cccc(Br)c1. The summed E-state index contributed by atoms with van der Waals surface area (Å²) in [4.78, 5) is 22.1. The molecule has 0 aromatic heterocycles. The minimum absolute atomic E-state index is 0.210. The molecule has 7 nitrogen and oxygen atoms in total. The van der Waals surface area contributed by atoms with E-state index in [4.69, 9.17) is 5.26 Å². The van der Waals surface area contributed by atoms with Crippen LogP contribution in [0.2, 0.25) is 0 Å². The molecule has 1 N–H and O–H groups in total. The van der Waals surface area contributed by atoms with Crippen LogP contribution in [0.4, 0.5) is 11.4 Å². The van der Waals surface area contributed by atoms with Crippen LogP contribution in [0.3, 0.4) is 0 Å². The summed E-state index contributed by atoms with van der Waals surface area (Å²) in [6, 6.07) is 11.9. The Balaban J connectivity index is 2.29. The molecule has 0 heterocycles. The van der Waals surface area contributed by atoms with Gasteiger partial charge in [-0.05, 0) is 35.6 Å². The molecule has 0 aliphatic heterocycles. The largest absolute Gasteiger partial charge is 0.868 e. The molecule has 2 rings (SSSR count). The van der Waals surface area contributed by atoms with Gasteiger partial charge in [0.2, 0.25) is 0 Å². The highest BCUT2D eigenvalue weighted by molar-refractivity contribution is 9.10. The molecule has 0 aliphatic rings. The van der Waals surface area contributed by atoms with E-state index in [-0.39, 0.29) is 11.1 Å². The van der Waals surface area contributed by atoms with Crippen LogP contribution in [0.1, 0.15) is 5.56 Å². The fourth-order valence-corrected chi connectivity index (χ4v) is 2.25. The Morgan fingerprint density at radius 2 is 2.04 bits per heavy atom. The summed E-state index contributed by atoms with van der Waals surface area (Å²) in [7, 11) is 0. The number of benzene rings is 2. The van der Waals surface area contributed by atoms with Gasteiger partial charge in [-0.3, -0.25) is 14.9 Å². The van der Waals surface area contributed by atoms with Crippen LogP contribution in [-0.4, -0.2) is 10.8 Å². The van der Waals surface area contributed by atoms with Gasteiger partial charge in [0.15, 0.2) is 0 Å². The number of hydrogen-bond donors (Lipinski definition) is 1. The predicted octanol–water partition coefficient (Wildman–Crippen LogP) is 2.98. The van der Waals surface area contributed by atoms with Gasteiger partial charge in [-0.15, -0.1) is 0 Å². The van der Waals surface area contributed by atoms with E-state index in [1.54, 1.807) is 30.3 Å². The number of nitrogens with zero attached hydrogens (tertiary/aromatic N) is 2. The number of nitro groups is 1. The monoisotopic (exact) mass is 386 g/mol. The minimum atomic E-state index is -0.812. The van der Waals surface area contributed by atoms with E-state index in [1.165, 1.54) is 12.1 Å². The molecule has 8 heteroatoms. The maximum Gasteiger partial charge on any atom is 0.266 e. The van der Waals surface area contributed by atoms with Crippen molar-refractivity contribution < 1.29 is 14.8 Å². The first-order valence-corrected chi connectivity index (χ1v) is 7.34. The zero-order valence-electron chi connectivity index (χ0n) is 12.0. The van der Waals surface area contributed by atoms with E-state index < -0.39 is 22.3 Å². The molecule has 0 fully saturated rings. The Kier molecular flexibility index (Phi) is 5.29. The molecule has 0 atom stereocenters. The summed E-state index contributed by atoms with van der Waals surface area (Å²) in [6.45, 7) is 0. The number of halogens is 1. The van der Waals surface area contributed by atoms with Crippen LogP contribution < -0.4 is 10.4 Å². The molecular formula is C16H9BrN3O4-. The van der Waals surface area contributed by atoms with Crippen molar-refractivity contribution in [2.45, 2.75) is 0 Å². The summed E-state index contributed by atoms with van der Waals surface area (Å²) < 4.78 is 0.754. The molecule has 1 amide bonds. The Morgan fingerprint density at radius 3 is 2.67 bits per heavy atom. The van der Waals surface area contributed by atoms with Crippen molar-refractivity contribution in [2.24, 2.45) is 0 Å². The van der Waals surface area contributed by atoms with E-state index >= 15 is 0 Å².